The van der Waals surface area contributed by atoms with Crippen molar-refractivity contribution >= 4 is 34.3 Å². The van der Waals surface area contributed by atoms with Gasteiger partial charge in [0.15, 0.2) is 0 Å². The Labute approximate surface area is 104 Å². The van der Waals surface area contributed by atoms with Crippen LogP contribution in [0.15, 0.2) is 36.4 Å². The molecule has 0 saturated heterocycles. The molecule has 0 radical (unpaired) electrons. The van der Waals surface area contributed by atoms with Gasteiger partial charge in [-0.15, -0.1) is 11.3 Å². The van der Waals surface area contributed by atoms with E-state index in [1.165, 1.54) is 4.88 Å². The molecule has 84 valence electrons. The maximum absolute atomic E-state index is 5.89. The number of benzene rings is 1. The van der Waals surface area contributed by atoms with Gasteiger partial charge in [0.05, 0.1) is 10.9 Å². The molecule has 0 aliphatic heterocycles. The fraction of sp³-hybridized carbons (Fsp3) is 0.167. The van der Waals surface area contributed by atoms with Crippen LogP contribution in [0.5, 0.6) is 0 Å². The lowest BCUT2D eigenvalue weighted by Gasteiger charge is -2.18. The highest BCUT2D eigenvalue weighted by Crippen LogP contribution is 2.24. The number of nitrogens with zero attached hydrogens (tertiary/aromatic N) is 1. The number of anilines is 2. The second-order valence-corrected chi connectivity index (χ2v) is 5.45. The number of hydrogen-bond donors (Lipinski definition) is 1. The third kappa shape index (κ3) is 2.68. The molecule has 1 aromatic heterocycles. The summed E-state index contributed by atoms with van der Waals surface area (Å²) in [6.45, 7) is 0.862. The Bertz CT molecular complexity index is 464. The molecule has 0 amide bonds. The van der Waals surface area contributed by atoms with Gasteiger partial charge in [-0.25, -0.2) is 0 Å². The predicted molar refractivity (Wildman–Crippen MR) is 72.3 cm³/mol. The molecule has 0 bridgehead atoms. The minimum Gasteiger partial charge on any atom is -0.399 e. The molecule has 1 heterocycles. The van der Waals surface area contributed by atoms with E-state index in [4.69, 9.17) is 17.3 Å². The summed E-state index contributed by atoms with van der Waals surface area (Å²) in [4.78, 5) is 3.42. The van der Waals surface area contributed by atoms with E-state index >= 15 is 0 Å². The van der Waals surface area contributed by atoms with Crippen molar-refractivity contribution < 1.29 is 0 Å². The summed E-state index contributed by atoms with van der Waals surface area (Å²) in [5, 5.41) is 0. The fourth-order valence-corrected chi connectivity index (χ4v) is 2.63. The number of halogens is 1. The summed E-state index contributed by atoms with van der Waals surface area (Å²) >= 11 is 7.51. The lowest BCUT2D eigenvalue weighted by molar-refractivity contribution is 0.941. The van der Waals surface area contributed by atoms with E-state index in [1.54, 1.807) is 11.3 Å². The van der Waals surface area contributed by atoms with Crippen molar-refractivity contribution in [2.24, 2.45) is 0 Å². The van der Waals surface area contributed by atoms with Crippen molar-refractivity contribution in [2.75, 3.05) is 17.7 Å². The standard InChI is InChI=1S/C12H13ClN2S/c1-15(8-11-6-7-12(13)16-11)10-4-2-9(14)3-5-10/h2-7H,8,14H2,1H3. The van der Waals surface area contributed by atoms with Crippen molar-refractivity contribution in [3.63, 3.8) is 0 Å². The monoisotopic (exact) mass is 252 g/mol. The van der Waals surface area contributed by atoms with Gasteiger partial charge in [-0.3, -0.25) is 0 Å². The third-order valence-electron chi connectivity index (χ3n) is 2.36. The van der Waals surface area contributed by atoms with Crippen LogP contribution >= 0.6 is 22.9 Å². The van der Waals surface area contributed by atoms with Crippen molar-refractivity contribution in [1.82, 2.24) is 0 Å². The molecule has 0 unspecified atom stereocenters. The minimum atomic E-state index is 0.788. The molecule has 2 nitrogen and oxygen atoms in total. The van der Waals surface area contributed by atoms with Crippen LogP contribution in [0.3, 0.4) is 0 Å². The lowest BCUT2D eigenvalue weighted by Crippen LogP contribution is -2.15. The summed E-state index contributed by atoms with van der Waals surface area (Å²) in [5.41, 5.74) is 7.59. The summed E-state index contributed by atoms with van der Waals surface area (Å²) in [7, 11) is 2.05. The maximum Gasteiger partial charge on any atom is 0.0931 e. The molecule has 0 spiro atoms. The van der Waals surface area contributed by atoms with Gasteiger partial charge in [0.2, 0.25) is 0 Å². The Morgan fingerprint density at radius 1 is 1.19 bits per heavy atom. The smallest absolute Gasteiger partial charge is 0.0931 e. The zero-order valence-corrected chi connectivity index (χ0v) is 10.6. The zero-order chi connectivity index (χ0) is 11.5. The number of nitrogen functional groups attached to an aromatic ring is 1. The van der Waals surface area contributed by atoms with Gasteiger partial charge < -0.3 is 10.6 Å². The van der Waals surface area contributed by atoms with Crippen molar-refractivity contribution in [3.8, 4) is 0 Å². The molecular formula is C12H13ClN2S. The van der Waals surface area contributed by atoms with Crippen LogP contribution in [0.4, 0.5) is 11.4 Å². The number of nitrogens with two attached hydrogens (primary N) is 1. The molecule has 16 heavy (non-hydrogen) atoms. The van der Waals surface area contributed by atoms with Gasteiger partial charge in [0, 0.05) is 23.3 Å². The van der Waals surface area contributed by atoms with Crippen LogP contribution in [0.2, 0.25) is 4.34 Å². The van der Waals surface area contributed by atoms with Gasteiger partial charge in [-0.2, -0.15) is 0 Å². The Balaban J connectivity index is 2.08. The first-order valence-electron chi connectivity index (χ1n) is 4.96. The van der Waals surface area contributed by atoms with Gasteiger partial charge in [-0.05, 0) is 36.4 Å². The van der Waals surface area contributed by atoms with Crippen LogP contribution in [0, 0.1) is 0 Å². The fourth-order valence-electron chi connectivity index (χ4n) is 1.49. The Hall–Kier alpha value is -1.19. The average Bonchev–Trinajstić information content (AvgIpc) is 2.65. The maximum atomic E-state index is 5.89. The second-order valence-electron chi connectivity index (χ2n) is 3.65. The summed E-state index contributed by atoms with van der Waals surface area (Å²) in [6, 6.07) is 11.8. The molecule has 1 aromatic carbocycles. The molecule has 0 atom stereocenters. The van der Waals surface area contributed by atoms with Crippen molar-refractivity contribution in [3.05, 3.63) is 45.6 Å². The Morgan fingerprint density at radius 3 is 2.44 bits per heavy atom. The van der Waals surface area contributed by atoms with Crippen LogP contribution in [-0.4, -0.2) is 7.05 Å². The topological polar surface area (TPSA) is 29.3 Å². The first-order valence-corrected chi connectivity index (χ1v) is 6.15. The van der Waals surface area contributed by atoms with Crippen molar-refractivity contribution in [2.45, 2.75) is 6.54 Å². The van der Waals surface area contributed by atoms with E-state index in [-0.39, 0.29) is 0 Å². The third-order valence-corrected chi connectivity index (χ3v) is 3.57. The zero-order valence-electron chi connectivity index (χ0n) is 8.98. The first-order chi connectivity index (χ1) is 7.65. The Morgan fingerprint density at radius 2 is 1.88 bits per heavy atom. The molecular weight excluding hydrogens is 240 g/mol. The van der Waals surface area contributed by atoms with Crippen LogP contribution in [0.1, 0.15) is 4.88 Å². The van der Waals surface area contributed by atoms with E-state index in [9.17, 15) is 0 Å². The van der Waals surface area contributed by atoms with E-state index in [1.807, 2.05) is 30.3 Å². The average molecular weight is 253 g/mol. The number of hydrogen-bond acceptors (Lipinski definition) is 3. The number of rotatable bonds is 3. The molecule has 2 rings (SSSR count). The molecule has 0 fully saturated rings. The molecule has 4 heteroatoms. The highest BCUT2D eigenvalue weighted by Gasteiger charge is 2.04. The largest absolute Gasteiger partial charge is 0.399 e. The highest BCUT2D eigenvalue weighted by molar-refractivity contribution is 7.16. The normalized spacial score (nSPS) is 10.4. The van der Waals surface area contributed by atoms with E-state index in [0.29, 0.717) is 0 Å². The summed E-state index contributed by atoms with van der Waals surface area (Å²) in [5.74, 6) is 0. The summed E-state index contributed by atoms with van der Waals surface area (Å²) < 4.78 is 0.834. The van der Waals surface area contributed by atoms with E-state index in [0.717, 1.165) is 22.3 Å². The van der Waals surface area contributed by atoms with Gasteiger partial charge in [0.1, 0.15) is 0 Å². The van der Waals surface area contributed by atoms with Gasteiger partial charge >= 0.3 is 0 Å². The predicted octanol–water partition coefficient (Wildman–Crippen LogP) is 3.62. The Kier molecular flexibility index (Phi) is 3.36. The number of thiophene rings is 1. The molecule has 0 aliphatic rings. The molecule has 0 aliphatic carbocycles. The lowest BCUT2D eigenvalue weighted by atomic mass is 10.2. The second kappa shape index (κ2) is 4.76. The van der Waals surface area contributed by atoms with E-state index in [2.05, 4.69) is 18.0 Å². The highest BCUT2D eigenvalue weighted by atomic mass is 35.5. The minimum absolute atomic E-state index is 0.788. The van der Waals surface area contributed by atoms with Gasteiger partial charge in [0.25, 0.3) is 0 Å². The molecule has 2 N–H and O–H groups in total. The SMILES string of the molecule is CN(Cc1ccc(Cl)s1)c1ccc(N)cc1. The van der Waals surface area contributed by atoms with Crippen LogP contribution in [-0.2, 0) is 6.54 Å². The van der Waals surface area contributed by atoms with Gasteiger partial charge in [-0.1, -0.05) is 11.6 Å². The molecule has 2 aromatic rings. The van der Waals surface area contributed by atoms with E-state index < -0.39 is 0 Å². The summed E-state index contributed by atoms with van der Waals surface area (Å²) in [6.07, 6.45) is 0. The molecule has 0 saturated carbocycles. The van der Waals surface area contributed by atoms with Crippen LogP contribution in [0.25, 0.3) is 0 Å². The van der Waals surface area contributed by atoms with Crippen molar-refractivity contribution in [1.29, 1.82) is 0 Å². The quantitative estimate of drug-likeness (QED) is 0.846. The first kappa shape index (κ1) is 11.3. The van der Waals surface area contributed by atoms with Crippen LogP contribution < -0.4 is 10.6 Å².